The highest BCUT2D eigenvalue weighted by Crippen LogP contribution is 2.37. The summed E-state index contributed by atoms with van der Waals surface area (Å²) in [6.07, 6.45) is 3.53. The largest absolute Gasteiger partial charge is 0.244 e. The molecule has 0 aliphatic carbocycles. The second-order valence-electron chi connectivity index (χ2n) is 5.97. The van der Waals surface area contributed by atoms with Crippen LogP contribution in [0.3, 0.4) is 0 Å². The summed E-state index contributed by atoms with van der Waals surface area (Å²) in [6.45, 7) is 0. The van der Waals surface area contributed by atoms with Crippen LogP contribution in [-0.4, -0.2) is 9.97 Å². The zero-order valence-electron chi connectivity index (χ0n) is 13.4. The third kappa shape index (κ3) is 2.41. The lowest BCUT2D eigenvalue weighted by Crippen LogP contribution is -1.84. The van der Waals surface area contributed by atoms with Gasteiger partial charge in [0.2, 0.25) is 0 Å². The first-order valence-electron chi connectivity index (χ1n) is 8.17. The molecule has 0 radical (unpaired) electrons. The standard InChI is InChI=1S/C22H14N2S/c1-2-6-15(7-3-1)17-8-4-5-9-18(17)16-10-11-21-19(12-16)20-13-23-14-24-22(20)25-21/h1-14H. The molecule has 0 aliphatic heterocycles. The molecule has 0 unspecified atom stereocenters. The van der Waals surface area contributed by atoms with Gasteiger partial charge in [-0.25, -0.2) is 9.97 Å². The van der Waals surface area contributed by atoms with Gasteiger partial charge in [-0.3, -0.25) is 0 Å². The van der Waals surface area contributed by atoms with Gasteiger partial charge in [-0.15, -0.1) is 11.3 Å². The van der Waals surface area contributed by atoms with E-state index in [-0.39, 0.29) is 0 Å². The number of rotatable bonds is 2. The van der Waals surface area contributed by atoms with Crippen LogP contribution in [0.4, 0.5) is 0 Å². The summed E-state index contributed by atoms with van der Waals surface area (Å²) in [4.78, 5) is 9.63. The van der Waals surface area contributed by atoms with Crippen LogP contribution in [0.25, 0.3) is 42.6 Å². The Morgan fingerprint density at radius 3 is 2.28 bits per heavy atom. The van der Waals surface area contributed by atoms with E-state index in [0.717, 1.165) is 10.2 Å². The Morgan fingerprint density at radius 2 is 1.44 bits per heavy atom. The van der Waals surface area contributed by atoms with Crippen molar-refractivity contribution in [2.75, 3.05) is 0 Å². The Labute approximate surface area is 149 Å². The molecular weight excluding hydrogens is 324 g/mol. The summed E-state index contributed by atoms with van der Waals surface area (Å²) >= 11 is 1.72. The Bertz CT molecular complexity index is 1190. The molecule has 0 bridgehead atoms. The van der Waals surface area contributed by atoms with Crippen LogP contribution in [0, 0.1) is 0 Å². The fourth-order valence-electron chi connectivity index (χ4n) is 3.29. The molecule has 3 heteroatoms. The molecule has 2 heterocycles. The molecule has 0 saturated carbocycles. The molecule has 3 aromatic carbocycles. The summed E-state index contributed by atoms with van der Waals surface area (Å²) in [5.41, 5.74) is 4.94. The number of fused-ring (bicyclic) bond motifs is 3. The number of hydrogen-bond donors (Lipinski definition) is 0. The van der Waals surface area contributed by atoms with Gasteiger partial charge in [-0.2, -0.15) is 0 Å². The van der Waals surface area contributed by atoms with Crippen LogP contribution in [0.5, 0.6) is 0 Å². The average Bonchev–Trinajstić information content (AvgIpc) is 3.06. The van der Waals surface area contributed by atoms with Crippen LogP contribution in [0.15, 0.2) is 85.3 Å². The molecule has 25 heavy (non-hydrogen) atoms. The van der Waals surface area contributed by atoms with Gasteiger partial charge in [0, 0.05) is 21.7 Å². The number of nitrogens with zero attached hydrogens (tertiary/aromatic N) is 2. The molecule has 0 saturated heterocycles. The zero-order chi connectivity index (χ0) is 16.6. The molecule has 2 aromatic heterocycles. The lowest BCUT2D eigenvalue weighted by Gasteiger charge is -2.10. The van der Waals surface area contributed by atoms with Gasteiger partial charge in [0.1, 0.15) is 11.2 Å². The molecule has 5 aromatic rings. The molecule has 0 fully saturated rings. The maximum Gasteiger partial charge on any atom is 0.127 e. The normalized spacial score (nSPS) is 11.2. The average molecular weight is 338 g/mol. The molecule has 0 aliphatic rings. The van der Waals surface area contributed by atoms with Crippen molar-refractivity contribution in [2.45, 2.75) is 0 Å². The van der Waals surface area contributed by atoms with Gasteiger partial charge in [-0.05, 0) is 34.4 Å². The van der Waals surface area contributed by atoms with Crippen molar-refractivity contribution in [3.05, 3.63) is 85.3 Å². The van der Waals surface area contributed by atoms with Gasteiger partial charge in [0.15, 0.2) is 0 Å². The Balaban J connectivity index is 1.75. The van der Waals surface area contributed by atoms with Gasteiger partial charge in [-0.1, -0.05) is 60.7 Å². The third-order valence-corrected chi connectivity index (χ3v) is 5.57. The summed E-state index contributed by atoms with van der Waals surface area (Å²) in [6, 6.07) is 25.8. The van der Waals surface area contributed by atoms with Gasteiger partial charge >= 0.3 is 0 Å². The first kappa shape index (κ1) is 14.3. The van der Waals surface area contributed by atoms with E-state index in [4.69, 9.17) is 0 Å². The molecule has 0 N–H and O–H groups in total. The molecule has 0 amide bonds. The molecule has 0 atom stereocenters. The predicted molar refractivity (Wildman–Crippen MR) is 106 cm³/mol. The van der Waals surface area contributed by atoms with Crippen LogP contribution >= 0.6 is 11.3 Å². The van der Waals surface area contributed by atoms with Crippen molar-refractivity contribution in [3.8, 4) is 22.3 Å². The molecule has 118 valence electrons. The summed E-state index contributed by atoms with van der Waals surface area (Å²) in [5, 5.41) is 2.35. The van der Waals surface area contributed by atoms with E-state index < -0.39 is 0 Å². The van der Waals surface area contributed by atoms with E-state index in [0.29, 0.717) is 0 Å². The fraction of sp³-hybridized carbons (Fsp3) is 0. The third-order valence-electron chi connectivity index (χ3n) is 4.47. The number of hydrogen-bond acceptors (Lipinski definition) is 3. The minimum absolute atomic E-state index is 1.04. The predicted octanol–water partition coefficient (Wildman–Crippen LogP) is 6.18. The molecule has 5 rings (SSSR count). The van der Waals surface area contributed by atoms with Crippen LogP contribution < -0.4 is 0 Å². The van der Waals surface area contributed by atoms with Gasteiger partial charge in [0.25, 0.3) is 0 Å². The monoisotopic (exact) mass is 338 g/mol. The fourth-order valence-corrected chi connectivity index (χ4v) is 4.29. The van der Waals surface area contributed by atoms with E-state index in [9.17, 15) is 0 Å². The molecular formula is C22H14N2S. The highest BCUT2D eigenvalue weighted by atomic mass is 32.1. The number of benzene rings is 3. The van der Waals surface area contributed by atoms with Crippen LogP contribution in [0.2, 0.25) is 0 Å². The van der Waals surface area contributed by atoms with Crippen molar-refractivity contribution >= 4 is 31.6 Å². The van der Waals surface area contributed by atoms with E-state index >= 15 is 0 Å². The SMILES string of the molecule is c1ccc(-c2ccccc2-c2ccc3sc4ncncc4c3c2)cc1. The second kappa shape index (κ2) is 5.80. The first-order valence-corrected chi connectivity index (χ1v) is 8.99. The van der Waals surface area contributed by atoms with Crippen molar-refractivity contribution < 1.29 is 0 Å². The Hall–Kier alpha value is -3.04. The van der Waals surface area contributed by atoms with Crippen LogP contribution in [0.1, 0.15) is 0 Å². The lowest BCUT2D eigenvalue weighted by atomic mass is 9.94. The maximum absolute atomic E-state index is 4.39. The zero-order valence-corrected chi connectivity index (χ0v) is 14.2. The maximum atomic E-state index is 4.39. The Morgan fingerprint density at radius 1 is 0.680 bits per heavy atom. The van der Waals surface area contributed by atoms with Crippen LogP contribution in [-0.2, 0) is 0 Å². The number of thiophene rings is 1. The smallest absolute Gasteiger partial charge is 0.127 e. The van der Waals surface area contributed by atoms with E-state index in [1.165, 1.54) is 32.3 Å². The quantitative estimate of drug-likeness (QED) is 0.384. The van der Waals surface area contributed by atoms with E-state index in [1.807, 2.05) is 6.20 Å². The Kier molecular flexibility index (Phi) is 3.32. The van der Waals surface area contributed by atoms with Crippen molar-refractivity contribution in [3.63, 3.8) is 0 Å². The first-order chi connectivity index (χ1) is 12.4. The van der Waals surface area contributed by atoms with E-state index in [2.05, 4.69) is 82.8 Å². The summed E-state index contributed by atoms with van der Waals surface area (Å²) in [7, 11) is 0. The number of aromatic nitrogens is 2. The van der Waals surface area contributed by atoms with Gasteiger partial charge < -0.3 is 0 Å². The second-order valence-corrected chi connectivity index (χ2v) is 7.00. The molecule has 2 nitrogen and oxygen atoms in total. The highest BCUT2D eigenvalue weighted by Gasteiger charge is 2.10. The minimum Gasteiger partial charge on any atom is -0.244 e. The lowest BCUT2D eigenvalue weighted by molar-refractivity contribution is 1.24. The molecule has 0 spiro atoms. The highest BCUT2D eigenvalue weighted by molar-refractivity contribution is 7.25. The minimum atomic E-state index is 1.04. The van der Waals surface area contributed by atoms with Gasteiger partial charge in [0.05, 0.1) is 0 Å². The van der Waals surface area contributed by atoms with Crippen molar-refractivity contribution in [1.29, 1.82) is 0 Å². The summed E-state index contributed by atoms with van der Waals surface area (Å²) < 4.78 is 1.25. The van der Waals surface area contributed by atoms with Crippen molar-refractivity contribution in [2.24, 2.45) is 0 Å². The topological polar surface area (TPSA) is 25.8 Å². The summed E-state index contributed by atoms with van der Waals surface area (Å²) in [5.74, 6) is 0. The van der Waals surface area contributed by atoms with Crippen molar-refractivity contribution in [1.82, 2.24) is 9.97 Å². The van der Waals surface area contributed by atoms with E-state index in [1.54, 1.807) is 17.7 Å².